The number of carbonyl (C=O) groups excluding carboxylic acids is 1. The fourth-order valence-electron chi connectivity index (χ4n) is 0.961. The molecular weight excluding hydrogens is 305 g/mol. The SMILES string of the molecule is CC(C)(C)OC(=O)OC(C)(C)C.CC(C)OP(N)OC(C)C. The molecule has 0 bridgehead atoms. The van der Waals surface area contributed by atoms with E-state index in [1.807, 2.05) is 27.7 Å². The third-order valence-electron chi connectivity index (χ3n) is 1.41. The van der Waals surface area contributed by atoms with Gasteiger partial charge in [-0.1, -0.05) is 0 Å². The van der Waals surface area contributed by atoms with Crippen molar-refractivity contribution in [3.05, 3.63) is 0 Å². The lowest BCUT2D eigenvalue weighted by atomic mass is 10.2. The Labute approximate surface area is 137 Å². The molecule has 134 valence electrons. The van der Waals surface area contributed by atoms with Crippen molar-refractivity contribution in [2.24, 2.45) is 5.50 Å². The van der Waals surface area contributed by atoms with Crippen molar-refractivity contribution in [1.82, 2.24) is 0 Å². The van der Waals surface area contributed by atoms with Crippen LogP contribution < -0.4 is 5.50 Å². The lowest BCUT2D eigenvalue weighted by Crippen LogP contribution is -2.30. The lowest BCUT2D eigenvalue weighted by Gasteiger charge is -2.24. The maximum atomic E-state index is 11.0. The van der Waals surface area contributed by atoms with Crippen LogP contribution in [-0.2, 0) is 18.5 Å². The molecule has 7 heteroatoms. The molecule has 0 aliphatic rings. The Morgan fingerprint density at radius 2 is 1.09 bits per heavy atom. The molecule has 2 N–H and O–H groups in total. The molecule has 0 saturated heterocycles. The number of rotatable bonds is 4. The topological polar surface area (TPSA) is 80.0 Å². The Balaban J connectivity index is 0. The molecule has 0 unspecified atom stereocenters. The number of ether oxygens (including phenoxy) is 2. The van der Waals surface area contributed by atoms with Gasteiger partial charge in [0.1, 0.15) is 11.2 Å². The highest BCUT2D eigenvalue weighted by atomic mass is 31.2. The maximum absolute atomic E-state index is 11.0. The minimum Gasteiger partial charge on any atom is -0.429 e. The molecule has 0 aliphatic heterocycles. The first-order valence-corrected chi connectivity index (χ1v) is 8.67. The first-order chi connectivity index (χ1) is 9.62. The molecule has 6 nitrogen and oxygen atoms in total. The summed E-state index contributed by atoms with van der Waals surface area (Å²) >= 11 is 0. The summed E-state index contributed by atoms with van der Waals surface area (Å²) in [5.41, 5.74) is 4.53. The van der Waals surface area contributed by atoms with Crippen LogP contribution in [0.5, 0.6) is 0 Å². The van der Waals surface area contributed by atoms with Crippen LogP contribution in [0.3, 0.4) is 0 Å². The van der Waals surface area contributed by atoms with Crippen LogP contribution in [0.25, 0.3) is 0 Å². The van der Waals surface area contributed by atoms with Gasteiger partial charge in [0.25, 0.3) is 8.53 Å². The first-order valence-electron chi connectivity index (χ1n) is 7.42. The summed E-state index contributed by atoms with van der Waals surface area (Å²) in [7, 11) is -1.16. The molecule has 0 fully saturated rings. The van der Waals surface area contributed by atoms with Gasteiger partial charge in [0, 0.05) is 0 Å². The number of hydrogen-bond acceptors (Lipinski definition) is 6. The van der Waals surface area contributed by atoms with Gasteiger partial charge in [0.05, 0.1) is 12.2 Å². The molecule has 0 amide bonds. The van der Waals surface area contributed by atoms with Gasteiger partial charge in [0.15, 0.2) is 0 Å². The van der Waals surface area contributed by atoms with E-state index in [-0.39, 0.29) is 12.2 Å². The molecule has 0 spiro atoms. The van der Waals surface area contributed by atoms with Crippen LogP contribution >= 0.6 is 8.53 Å². The second kappa shape index (κ2) is 10.4. The average molecular weight is 339 g/mol. The van der Waals surface area contributed by atoms with Crippen molar-refractivity contribution < 1.29 is 23.3 Å². The third-order valence-corrected chi connectivity index (χ3v) is 2.67. The molecule has 22 heavy (non-hydrogen) atoms. The summed E-state index contributed by atoms with van der Waals surface area (Å²) in [6, 6.07) is 0. The van der Waals surface area contributed by atoms with Gasteiger partial charge >= 0.3 is 6.16 Å². The van der Waals surface area contributed by atoms with E-state index in [1.165, 1.54) is 0 Å². The number of nitrogens with two attached hydrogens (primary N) is 1. The highest BCUT2D eigenvalue weighted by Gasteiger charge is 2.22. The van der Waals surface area contributed by atoms with Crippen molar-refractivity contribution in [1.29, 1.82) is 0 Å². The Morgan fingerprint density at radius 3 is 1.27 bits per heavy atom. The minimum atomic E-state index is -1.16. The predicted octanol–water partition coefficient (Wildman–Crippen LogP) is 4.76. The van der Waals surface area contributed by atoms with Crippen LogP contribution in [0.15, 0.2) is 0 Å². The quantitative estimate of drug-likeness (QED) is 0.587. The van der Waals surface area contributed by atoms with Crippen LogP contribution in [-0.4, -0.2) is 29.6 Å². The van der Waals surface area contributed by atoms with E-state index >= 15 is 0 Å². The zero-order valence-electron chi connectivity index (χ0n) is 15.7. The molecule has 0 radical (unpaired) electrons. The van der Waals surface area contributed by atoms with Crippen molar-refractivity contribution >= 4 is 14.7 Å². The molecule has 0 aromatic carbocycles. The zero-order valence-corrected chi connectivity index (χ0v) is 16.6. The maximum Gasteiger partial charge on any atom is 0.509 e. The Bertz CT molecular complexity index is 280. The Hall–Kier alpha value is -0.420. The summed E-state index contributed by atoms with van der Waals surface area (Å²) in [5.74, 6) is 0. The first kappa shape index (κ1) is 23.8. The largest absolute Gasteiger partial charge is 0.509 e. The summed E-state index contributed by atoms with van der Waals surface area (Å²) in [6.45, 7) is 18.6. The van der Waals surface area contributed by atoms with Gasteiger partial charge in [-0.3, -0.25) is 5.50 Å². The van der Waals surface area contributed by atoms with Crippen molar-refractivity contribution in [3.63, 3.8) is 0 Å². The van der Waals surface area contributed by atoms with E-state index in [2.05, 4.69) is 0 Å². The van der Waals surface area contributed by atoms with Crippen molar-refractivity contribution in [2.45, 2.75) is 92.6 Å². The summed E-state index contributed by atoms with van der Waals surface area (Å²) < 4.78 is 20.3. The minimum absolute atomic E-state index is 0.148. The van der Waals surface area contributed by atoms with E-state index in [0.29, 0.717) is 0 Å². The highest BCUT2D eigenvalue weighted by molar-refractivity contribution is 7.44. The van der Waals surface area contributed by atoms with Crippen LogP contribution in [0.1, 0.15) is 69.2 Å². The van der Waals surface area contributed by atoms with Gasteiger partial charge in [-0.15, -0.1) is 0 Å². The van der Waals surface area contributed by atoms with E-state index in [9.17, 15) is 4.79 Å². The van der Waals surface area contributed by atoms with Crippen LogP contribution in [0.4, 0.5) is 4.79 Å². The van der Waals surface area contributed by atoms with Gasteiger partial charge < -0.3 is 18.5 Å². The van der Waals surface area contributed by atoms with Gasteiger partial charge in [-0.05, 0) is 69.2 Å². The molecular formula is C15H34NO5P. The molecule has 0 aromatic rings. The summed E-state index contributed by atoms with van der Waals surface area (Å²) in [5, 5.41) is 0. The second-order valence-electron chi connectivity index (χ2n) is 7.27. The smallest absolute Gasteiger partial charge is 0.429 e. The van der Waals surface area contributed by atoms with Crippen LogP contribution in [0, 0.1) is 0 Å². The molecule has 0 heterocycles. The van der Waals surface area contributed by atoms with Crippen molar-refractivity contribution in [2.75, 3.05) is 0 Å². The Kier molecular flexibility index (Phi) is 11.2. The Morgan fingerprint density at radius 1 is 0.818 bits per heavy atom. The molecule has 0 rings (SSSR count). The highest BCUT2D eigenvalue weighted by Crippen LogP contribution is 2.31. The zero-order chi connectivity index (χ0) is 18.1. The standard InChI is InChI=1S/C9H18O3.C6H16NO2P/c1-8(2,3)11-7(10)12-9(4,5)6;1-5(2)8-10(7)9-6(3)4/h1-6H3;5-6H,7H2,1-4H3. The molecule has 0 atom stereocenters. The van der Waals surface area contributed by atoms with Crippen molar-refractivity contribution in [3.8, 4) is 0 Å². The van der Waals surface area contributed by atoms with Gasteiger partial charge in [0.2, 0.25) is 0 Å². The monoisotopic (exact) mass is 339 g/mol. The molecule has 0 saturated carbocycles. The van der Waals surface area contributed by atoms with Gasteiger partial charge in [-0.25, -0.2) is 4.79 Å². The number of hydrogen-bond donors (Lipinski definition) is 1. The van der Waals surface area contributed by atoms with E-state index < -0.39 is 25.9 Å². The lowest BCUT2D eigenvalue weighted by molar-refractivity contribution is -0.0468. The summed E-state index contributed by atoms with van der Waals surface area (Å²) in [4.78, 5) is 11.0. The van der Waals surface area contributed by atoms with E-state index in [0.717, 1.165) is 0 Å². The normalized spacial score (nSPS) is 12.3. The van der Waals surface area contributed by atoms with Gasteiger partial charge in [-0.2, -0.15) is 0 Å². The van der Waals surface area contributed by atoms with E-state index in [4.69, 9.17) is 24.0 Å². The second-order valence-corrected chi connectivity index (χ2v) is 8.26. The average Bonchev–Trinajstić information content (AvgIpc) is 2.07. The van der Waals surface area contributed by atoms with Crippen LogP contribution in [0.2, 0.25) is 0 Å². The molecule has 0 aliphatic carbocycles. The molecule has 0 aromatic heterocycles. The number of carbonyl (C=O) groups is 1. The predicted molar refractivity (Wildman–Crippen MR) is 90.6 cm³/mol. The fraction of sp³-hybridized carbons (Fsp3) is 0.933. The summed E-state index contributed by atoms with van der Waals surface area (Å²) in [6.07, 6.45) is -0.320. The third kappa shape index (κ3) is 21.9. The fourth-order valence-corrected chi connectivity index (χ4v) is 1.84. The van der Waals surface area contributed by atoms with E-state index in [1.54, 1.807) is 41.5 Å².